The third-order valence-corrected chi connectivity index (χ3v) is 3.68. The van der Waals surface area contributed by atoms with Gasteiger partial charge in [0, 0.05) is 30.1 Å². The molecule has 0 spiro atoms. The molecular formula is C18H13ClF2N2. The standard InChI is InChI=1S/C18H13ClF2N2/c19-17-11-23-18(21)9-16(17)13-4-2-6-15(8-13)22-10-12-3-1-5-14(20)7-12/h1-9,11,22H,10H2. The summed E-state index contributed by atoms with van der Waals surface area (Å²) < 4.78 is 26.5. The highest BCUT2D eigenvalue weighted by atomic mass is 35.5. The van der Waals surface area contributed by atoms with E-state index in [1.807, 2.05) is 30.3 Å². The molecule has 1 N–H and O–H groups in total. The Morgan fingerprint density at radius 2 is 1.83 bits per heavy atom. The van der Waals surface area contributed by atoms with Gasteiger partial charge in [0.2, 0.25) is 5.95 Å². The van der Waals surface area contributed by atoms with E-state index in [9.17, 15) is 8.78 Å². The zero-order valence-electron chi connectivity index (χ0n) is 12.1. The van der Waals surface area contributed by atoms with Crippen LogP contribution in [0.1, 0.15) is 5.56 Å². The number of anilines is 1. The average Bonchev–Trinajstić information content (AvgIpc) is 2.55. The van der Waals surface area contributed by atoms with Gasteiger partial charge in [-0.15, -0.1) is 0 Å². The lowest BCUT2D eigenvalue weighted by molar-refractivity contribution is 0.584. The molecule has 0 atom stereocenters. The lowest BCUT2D eigenvalue weighted by Gasteiger charge is -2.10. The van der Waals surface area contributed by atoms with Gasteiger partial charge in [0.15, 0.2) is 0 Å². The summed E-state index contributed by atoms with van der Waals surface area (Å²) in [7, 11) is 0. The number of nitrogens with zero attached hydrogens (tertiary/aromatic N) is 1. The van der Waals surface area contributed by atoms with Crippen LogP contribution in [0.25, 0.3) is 11.1 Å². The molecule has 0 radical (unpaired) electrons. The van der Waals surface area contributed by atoms with E-state index in [1.165, 1.54) is 24.4 Å². The van der Waals surface area contributed by atoms with Gasteiger partial charge in [0.1, 0.15) is 5.82 Å². The first-order valence-electron chi connectivity index (χ1n) is 7.01. The SMILES string of the molecule is Fc1cccc(CNc2cccc(-c3cc(F)ncc3Cl)c2)c1. The third-order valence-electron chi connectivity index (χ3n) is 3.38. The summed E-state index contributed by atoms with van der Waals surface area (Å²) in [5.41, 5.74) is 3.03. The summed E-state index contributed by atoms with van der Waals surface area (Å²) in [5, 5.41) is 3.60. The van der Waals surface area contributed by atoms with Crippen LogP contribution in [0.3, 0.4) is 0 Å². The number of nitrogens with one attached hydrogen (secondary N) is 1. The van der Waals surface area contributed by atoms with E-state index in [4.69, 9.17) is 11.6 Å². The Kier molecular flexibility index (Phi) is 4.53. The maximum absolute atomic E-state index is 13.3. The number of hydrogen-bond acceptors (Lipinski definition) is 2. The Labute approximate surface area is 137 Å². The van der Waals surface area contributed by atoms with Gasteiger partial charge >= 0.3 is 0 Å². The summed E-state index contributed by atoms with van der Waals surface area (Å²) in [6, 6.07) is 15.1. The molecule has 116 valence electrons. The highest BCUT2D eigenvalue weighted by molar-refractivity contribution is 6.33. The Bertz CT molecular complexity index is 837. The van der Waals surface area contributed by atoms with Crippen LogP contribution in [-0.4, -0.2) is 4.98 Å². The van der Waals surface area contributed by atoms with Crippen LogP contribution in [0.2, 0.25) is 5.02 Å². The van der Waals surface area contributed by atoms with Crippen molar-refractivity contribution < 1.29 is 8.78 Å². The fraction of sp³-hybridized carbons (Fsp3) is 0.0556. The number of rotatable bonds is 4. The quantitative estimate of drug-likeness (QED) is 0.657. The minimum Gasteiger partial charge on any atom is -0.381 e. The van der Waals surface area contributed by atoms with E-state index in [1.54, 1.807) is 6.07 Å². The molecule has 3 rings (SSSR count). The van der Waals surface area contributed by atoms with Crippen molar-refractivity contribution in [3.05, 3.63) is 83.1 Å². The highest BCUT2D eigenvalue weighted by Crippen LogP contribution is 2.29. The van der Waals surface area contributed by atoms with Crippen molar-refractivity contribution in [2.45, 2.75) is 6.54 Å². The molecule has 1 aromatic heterocycles. The van der Waals surface area contributed by atoms with Gasteiger partial charge < -0.3 is 5.32 Å². The predicted molar refractivity (Wildman–Crippen MR) is 88.4 cm³/mol. The Hall–Kier alpha value is -2.46. The number of hydrogen-bond donors (Lipinski definition) is 1. The van der Waals surface area contributed by atoms with Gasteiger partial charge in [0.25, 0.3) is 0 Å². The first-order valence-corrected chi connectivity index (χ1v) is 7.39. The Morgan fingerprint density at radius 1 is 1.00 bits per heavy atom. The minimum atomic E-state index is -0.581. The molecule has 0 aliphatic rings. The van der Waals surface area contributed by atoms with E-state index < -0.39 is 5.95 Å². The summed E-state index contributed by atoms with van der Waals surface area (Å²) in [6.07, 6.45) is 1.29. The third kappa shape index (κ3) is 3.85. The van der Waals surface area contributed by atoms with Crippen molar-refractivity contribution >= 4 is 17.3 Å². The largest absolute Gasteiger partial charge is 0.381 e. The molecule has 0 amide bonds. The molecule has 23 heavy (non-hydrogen) atoms. The molecule has 3 aromatic rings. The highest BCUT2D eigenvalue weighted by Gasteiger charge is 2.07. The molecule has 2 nitrogen and oxygen atoms in total. The number of aromatic nitrogens is 1. The van der Waals surface area contributed by atoms with E-state index in [-0.39, 0.29) is 5.82 Å². The van der Waals surface area contributed by atoms with Crippen molar-refractivity contribution in [2.75, 3.05) is 5.32 Å². The molecule has 5 heteroatoms. The zero-order chi connectivity index (χ0) is 16.2. The minimum absolute atomic E-state index is 0.267. The molecular weight excluding hydrogens is 318 g/mol. The van der Waals surface area contributed by atoms with Crippen LogP contribution in [0.4, 0.5) is 14.5 Å². The number of benzene rings is 2. The fourth-order valence-corrected chi connectivity index (χ4v) is 2.49. The van der Waals surface area contributed by atoms with Crippen molar-refractivity contribution in [3.8, 4) is 11.1 Å². The first-order chi connectivity index (χ1) is 11.1. The van der Waals surface area contributed by atoms with Crippen LogP contribution in [0.15, 0.2) is 60.8 Å². The van der Waals surface area contributed by atoms with Crippen LogP contribution in [-0.2, 0) is 6.54 Å². The van der Waals surface area contributed by atoms with Crippen LogP contribution >= 0.6 is 11.6 Å². The van der Waals surface area contributed by atoms with Crippen molar-refractivity contribution in [1.29, 1.82) is 0 Å². The van der Waals surface area contributed by atoms with Gasteiger partial charge in [-0.25, -0.2) is 9.37 Å². The van der Waals surface area contributed by atoms with E-state index in [0.29, 0.717) is 17.1 Å². The molecule has 1 heterocycles. The Balaban J connectivity index is 1.81. The summed E-state index contributed by atoms with van der Waals surface area (Å²) >= 11 is 6.08. The fourth-order valence-electron chi connectivity index (χ4n) is 2.28. The summed E-state index contributed by atoms with van der Waals surface area (Å²) in [5.74, 6) is -0.848. The average molecular weight is 331 g/mol. The van der Waals surface area contributed by atoms with Crippen molar-refractivity contribution in [3.63, 3.8) is 0 Å². The molecule has 2 aromatic carbocycles. The van der Waals surface area contributed by atoms with Gasteiger partial charge in [-0.2, -0.15) is 4.39 Å². The first kappa shape index (κ1) is 15.4. The molecule has 0 aliphatic heterocycles. The number of pyridine rings is 1. The van der Waals surface area contributed by atoms with E-state index in [0.717, 1.165) is 16.8 Å². The Morgan fingerprint density at radius 3 is 2.65 bits per heavy atom. The maximum Gasteiger partial charge on any atom is 0.213 e. The predicted octanol–water partition coefficient (Wildman–Crippen LogP) is 5.29. The monoisotopic (exact) mass is 330 g/mol. The van der Waals surface area contributed by atoms with Crippen LogP contribution in [0.5, 0.6) is 0 Å². The molecule has 0 saturated carbocycles. The van der Waals surface area contributed by atoms with Gasteiger partial charge in [-0.1, -0.05) is 35.9 Å². The summed E-state index contributed by atoms with van der Waals surface area (Å²) in [4.78, 5) is 3.52. The van der Waals surface area contributed by atoms with Crippen molar-refractivity contribution in [2.24, 2.45) is 0 Å². The molecule has 0 bridgehead atoms. The van der Waals surface area contributed by atoms with Crippen molar-refractivity contribution in [1.82, 2.24) is 4.98 Å². The van der Waals surface area contributed by atoms with E-state index >= 15 is 0 Å². The second-order valence-electron chi connectivity index (χ2n) is 5.05. The molecule has 0 unspecified atom stereocenters. The topological polar surface area (TPSA) is 24.9 Å². The summed E-state index contributed by atoms with van der Waals surface area (Å²) in [6.45, 7) is 0.486. The van der Waals surface area contributed by atoms with Gasteiger partial charge in [-0.05, 0) is 35.4 Å². The van der Waals surface area contributed by atoms with Gasteiger partial charge in [-0.3, -0.25) is 0 Å². The molecule has 0 aliphatic carbocycles. The normalized spacial score (nSPS) is 10.6. The second-order valence-corrected chi connectivity index (χ2v) is 5.46. The van der Waals surface area contributed by atoms with Crippen LogP contribution < -0.4 is 5.32 Å². The molecule has 0 saturated heterocycles. The second kappa shape index (κ2) is 6.75. The smallest absolute Gasteiger partial charge is 0.213 e. The van der Waals surface area contributed by atoms with E-state index in [2.05, 4.69) is 10.3 Å². The maximum atomic E-state index is 13.3. The van der Waals surface area contributed by atoms with Gasteiger partial charge in [0.05, 0.1) is 5.02 Å². The molecule has 0 fully saturated rings. The number of halogens is 3. The lowest BCUT2D eigenvalue weighted by Crippen LogP contribution is -1.99. The van der Waals surface area contributed by atoms with Crippen LogP contribution in [0, 0.1) is 11.8 Å². The lowest BCUT2D eigenvalue weighted by atomic mass is 10.1. The zero-order valence-corrected chi connectivity index (χ0v) is 12.8.